The number of aryl methyl sites for hydroxylation is 1. The molecule has 2 heterocycles. The second kappa shape index (κ2) is 4.97. The van der Waals surface area contributed by atoms with Gasteiger partial charge in [-0.15, -0.1) is 5.10 Å². The number of hydrogen-bond acceptors (Lipinski definition) is 4. The van der Waals surface area contributed by atoms with Crippen LogP contribution in [0.15, 0.2) is 0 Å². The number of aliphatic hydroxyl groups excluding tert-OH is 1. The molecule has 1 atom stereocenters. The quantitative estimate of drug-likeness (QED) is 0.874. The Morgan fingerprint density at radius 3 is 2.72 bits per heavy atom. The van der Waals surface area contributed by atoms with Gasteiger partial charge in [0.1, 0.15) is 0 Å². The number of aromatic nitrogens is 3. The lowest BCUT2D eigenvalue weighted by atomic mass is 9.88. The molecular weight excluding hydrogens is 228 g/mol. The van der Waals surface area contributed by atoms with Crippen LogP contribution in [0.1, 0.15) is 39.1 Å². The van der Waals surface area contributed by atoms with Gasteiger partial charge in [-0.05, 0) is 12.3 Å². The molecule has 2 rings (SSSR count). The Hall–Kier alpha value is -0.940. The van der Waals surface area contributed by atoms with Crippen molar-refractivity contribution in [2.45, 2.75) is 53.3 Å². The normalized spacial score (nSPS) is 18.7. The molecule has 0 bridgehead atoms. The third-order valence-corrected chi connectivity index (χ3v) is 3.69. The van der Waals surface area contributed by atoms with E-state index >= 15 is 0 Å². The van der Waals surface area contributed by atoms with Crippen LogP contribution in [0.2, 0.25) is 0 Å². The summed E-state index contributed by atoms with van der Waals surface area (Å²) in [5.41, 5.74) is 2.27. The number of β-amino-alcohol motifs (C(OH)–C–C–N with tert-alkyl or cyclic N) is 1. The molecule has 0 unspecified atom stereocenters. The molecule has 0 radical (unpaired) electrons. The van der Waals surface area contributed by atoms with Crippen LogP contribution < -0.4 is 0 Å². The first kappa shape index (κ1) is 13.5. The lowest BCUT2D eigenvalue weighted by Crippen LogP contribution is -2.42. The minimum absolute atomic E-state index is 0.0681. The van der Waals surface area contributed by atoms with Crippen molar-refractivity contribution < 1.29 is 5.11 Å². The number of hydrogen-bond donors (Lipinski definition) is 1. The van der Waals surface area contributed by atoms with Gasteiger partial charge in [0, 0.05) is 32.6 Å². The first-order valence-electron chi connectivity index (χ1n) is 6.73. The van der Waals surface area contributed by atoms with Crippen LogP contribution in [0.3, 0.4) is 0 Å². The third-order valence-electron chi connectivity index (χ3n) is 3.69. The van der Waals surface area contributed by atoms with E-state index in [-0.39, 0.29) is 11.5 Å². The summed E-state index contributed by atoms with van der Waals surface area (Å²) in [6, 6.07) is 0. The molecule has 1 aliphatic heterocycles. The molecule has 0 saturated carbocycles. The molecule has 1 aromatic rings. The highest BCUT2D eigenvalue weighted by Gasteiger charge is 2.28. The maximum absolute atomic E-state index is 10.2. The Morgan fingerprint density at radius 2 is 2.11 bits per heavy atom. The number of rotatable bonds is 3. The Morgan fingerprint density at radius 1 is 1.39 bits per heavy atom. The van der Waals surface area contributed by atoms with E-state index in [1.807, 2.05) is 4.68 Å². The fourth-order valence-corrected chi connectivity index (χ4v) is 2.25. The maximum Gasteiger partial charge on any atom is 0.0999 e. The summed E-state index contributed by atoms with van der Waals surface area (Å²) in [4.78, 5) is 2.27. The summed E-state index contributed by atoms with van der Waals surface area (Å²) in [5, 5.41) is 18.5. The average Bonchev–Trinajstić information content (AvgIpc) is 2.69. The minimum atomic E-state index is -0.305. The van der Waals surface area contributed by atoms with E-state index in [1.165, 1.54) is 5.69 Å². The van der Waals surface area contributed by atoms with E-state index in [0.29, 0.717) is 6.54 Å². The van der Waals surface area contributed by atoms with Crippen molar-refractivity contribution in [1.29, 1.82) is 0 Å². The van der Waals surface area contributed by atoms with Crippen molar-refractivity contribution in [1.82, 2.24) is 19.9 Å². The van der Waals surface area contributed by atoms with E-state index < -0.39 is 0 Å². The standard InChI is InChI=1S/C13H24N4O/c1-5-17-11-6-7-16(8-10(11)14-15-17)9-12(18)13(2,3)4/h12,18H,5-9H2,1-4H3/t12-/m1/s1. The SMILES string of the molecule is CCn1nnc2c1CCN(C[C@@H](O)C(C)(C)C)C2. The molecule has 0 saturated heterocycles. The molecule has 5 heteroatoms. The monoisotopic (exact) mass is 252 g/mol. The number of nitrogens with zero attached hydrogens (tertiary/aromatic N) is 4. The zero-order valence-electron chi connectivity index (χ0n) is 11.8. The molecule has 0 aromatic carbocycles. The van der Waals surface area contributed by atoms with Gasteiger partial charge in [0.15, 0.2) is 0 Å². The topological polar surface area (TPSA) is 54.2 Å². The molecule has 1 aromatic heterocycles. The van der Waals surface area contributed by atoms with Crippen LogP contribution in [-0.2, 0) is 19.5 Å². The Balaban J connectivity index is 2.00. The third kappa shape index (κ3) is 2.72. The summed E-state index contributed by atoms with van der Waals surface area (Å²) in [5.74, 6) is 0. The highest BCUT2D eigenvalue weighted by molar-refractivity contribution is 5.13. The van der Waals surface area contributed by atoms with Gasteiger partial charge in [-0.3, -0.25) is 4.90 Å². The van der Waals surface area contributed by atoms with Crippen molar-refractivity contribution in [3.8, 4) is 0 Å². The average molecular weight is 252 g/mol. The highest BCUT2D eigenvalue weighted by Crippen LogP contribution is 2.22. The zero-order chi connectivity index (χ0) is 13.3. The van der Waals surface area contributed by atoms with Crippen LogP contribution in [0.5, 0.6) is 0 Å². The fourth-order valence-electron chi connectivity index (χ4n) is 2.25. The van der Waals surface area contributed by atoms with Crippen molar-refractivity contribution in [2.24, 2.45) is 5.41 Å². The summed E-state index contributed by atoms with van der Waals surface area (Å²) in [6.45, 7) is 11.7. The van der Waals surface area contributed by atoms with E-state index in [0.717, 1.165) is 31.7 Å². The van der Waals surface area contributed by atoms with Crippen molar-refractivity contribution >= 4 is 0 Å². The van der Waals surface area contributed by atoms with Gasteiger partial charge in [0.05, 0.1) is 17.5 Å². The molecule has 18 heavy (non-hydrogen) atoms. The van der Waals surface area contributed by atoms with E-state index in [2.05, 4.69) is 42.9 Å². The van der Waals surface area contributed by atoms with Crippen LogP contribution >= 0.6 is 0 Å². The number of aliphatic hydroxyl groups is 1. The summed E-state index contributed by atoms with van der Waals surface area (Å²) in [7, 11) is 0. The fraction of sp³-hybridized carbons (Fsp3) is 0.846. The van der Waals surface area contributed by atoms with Gasteiger partial charge in [-0.1, -0.05) is 26.0 Å². The van der Waals surface area contributed by atoms with Crippen LogP contribution in [-0.4, -0.2) is 44.2 Å². The molecule has 0 amide bonds. The van der Waals surface area contributed by atoms with Gasteiger partial charge in [0.2, 0.25) is 0 Å². The van der Waals surface area contributed by atoms with Gasteiger partial charge < -0.3 is 5.11 Å². The Kier molecular flexibility index (Phi) is 3.73. The van der Waals surface area contributed by atoms with Crippen LogP contribution in [0.4, 0.5) is 0 Å². The first-order valence-corrected chi connectivity index (χ1v) is 6.73. The van der Waals surface area contributed by atoms with Crippen LogP contribution in [0, 0.1) is 5.41 Å². The second-order valence-electron chi connectivity index (χ2n) is 6.17. The van der Waals surface area contributed by atoms with Crippen molar-refractivity contribution in [2.75, 3.05) is 13.1 Å². The minimum Gasteiger partial charge on any atom is -0.391 e. The largest absolute Gasteiger partial charge is 0.391 e. The molecule has 0 spiro atoms. The lowest BCUT2D eigenvalue weighted by molar-refractivity contribution is 0.0242. The molecule has 102 valence electrons. The molecule has 1 aliphatic rings. The van der Waals surface area contributed by atoms with Gasteiger partial charge in [-0.2, -0.15) is 0 Å². The first-order chi connectivity index (χ1) is 8.41. The summed E-state index contributed by atoms with van der Waals surface area (Å²) < 4.78 is 1.98. The van der Waals surface area contributed by atoms with E-state index in [4.69, 9.17) is 0 Å². The number of fused-ring (bicyclic) bond motifs is 1. The van der Waals surface area contributed by atoms with E-state index in [1.54, 1.807) is 0 Å². The molecule has 0 aliphatic carbocycles. The summed E-state index contributed by atoms with van der Waals surface area (Å²) >= 11 is 0. The van der Waals surface area contributed by atoms with Crippen molar-refractivity contribution in [3.05, 3.63) is 11.4 Å². The Bertz CT molecular complexity index is 408. The van der Waals surface area contributed by atoms with Crippen molar-refractivity contribution in [3.63, 3.8) is 0 Å². The predicted octanol–water partition coefficient (Wildman–Crippen LogP) is 1.06. The van der Waals surface area contributed by atoms with E-state index in [9.17, 15) is 5.11 Å². The highest BCUT2D eigenvalue weighted by atomic mass is 16.3. The molecule has 1 N–H and O–H groups in total. The zero-order valence-corrected chi connectivity index (χ0v) is 11.8. The molecule has 0 fully saturated rings. The Labute approximate surface area is 109 Å². The summed E-state index contributed by atoms with van der Waals surface area (Å²) in [6.07, 6.45) is 0.674. The lowest BCUT2D eigenvalue weighted by Gasteiger charge is -2.33. The molecular formula is C13H24N4O. The van der Waals surface area contributed by atoms with Gasteiger partial charge in [0.25, 0.3) is 0 Å². The maximum atomic E-state index is 10.2. The van der Waals surface area contributed by atoms with Crippen LogP contribution in [0.25, 0.3) is 0 Å². The smallest absolute Gasteiger partial charge is 0.0999 e. The van der Waals surface area contributed by atoms with Gasteiger partial charge >= 0.3 is 0 Å². The molecule has 5 nitrogen and oxygen atoms in total. The van der Waals surface area contributed by atoms with Gasteiger partial charge in [-0.25, -0.2) is 4.68 Å². The predicted molar refractivity (Wildman–Crippen MR) is 70.1 cm³/mol. The second-order valence-corrected chi connectivity index (χ2v) is 6.17.